The fourth-order valence-electron chi connectivity index (χ4n) is 1.20. The fraction of sp³-hybridized carbons (Fsp3) is 0.300. The maximum Gasteiger partial charge on any atom is 0.423 e. The van der Waals surface area contributed by atoms with E-state index >= 15 is 0 Å². The van der Waals surface area contributed by atoms with E-state index in [9.17, 15) is 18.0 Å². The number of hydrogen-bond acceptors (Lipinski definition) is 1. The zero-order chi connectivity index (χ0) is 13.1. The summed E-state index contributed by atoms with van der Waals surface area (Å²) in [6, 6.07) is 7.93. The minimum atomic E-state index is -4.80. The van der Waals surface area contributed by atoms with E-state index in [0.717, 1.165) is 0 Å². The molecule has 0 saturated heterocycles. The van der Waals surface area contributed by atoms with Crippen molar-refractivity contribution in [2.75, 3.05) is 0 Å². The molecule has 0 aliphatic carbocycles. The first kappa shape index (κ1) is 13.6. The number of amides is 1. The summed E-state index contributed by atoms with van der Waals surface area (Å²) in [5.41, 5.74) is -2.12. The summed E-state index contributed by atoms with van der Waals surface area (Å²) >= 11 is 5.09. The first-order chi connectivity index (χ1) is 7.82. The number of benzene rings is 1. The van der Waals surface area contributed by atoms with Gasteiger partial charge in [-0.25, -0.2) is 4.79 Å². The van der Waals surface area contributed by atoms with Crippen molar-refractivity contribution < 1.29 is 23.1 Å². The predicted molar refractivity (Wildman–Crippen MR) is 55.7 cm³/mol. The Morgan fingerprint density at radius 1 is 1.35 bits per heavy atom. The van der Waals surface area contributed by atoms with Gasteiger partial charge in [-0.15, -0.1) is 0 Å². The van der Waals surface area contributed by atoms with E-state index in [1.165, 1.54) is 12.1 Å². The van der Waals surface area contributed by atoms with Crippen molar-refractivity contribution in [1.82, 2.24) is 4.90 Å². The van der Waals surface area contributed by atoms with Crippen LogP contribution in [0.5, 0.6) is 0 Å². The lowest BCUT2D eigenvalue weighted by Crippen LogP contribution is -2.44. The van der Waals surface area contributed by atoms with Crippen LogP contribution >= 0.6 is 11.6 Å². The molecule has 94 valence electrons. The normalized spacial score (nSPS) is 13.2. The number of hydrogen-bond donors (Lipinski definition) is 1. The molecule has 1 N–H and O–H groups in total. The standard InChI is InChI=1S/C10H9ClF3NO2/c11-8(10(12,13)14)15(9(16)17)6-7-4-2-1-3-5-7/h1-5,8H,6H2,(H,16,17). The molecule has 1 aromatic carbocycles. The topological polar surface area (TPSA) is 40.5 Å². The molecule has 1 rings (SSSR count). The second kappa shape index (κ2) is 5.27. The Balaban J connectivity index is 2.85. The van der Waals surface area contributed by atoms with E-state index in [1.54, 1.807) is 18.2 Å². The van der Waals surface area contributed by atoms with Crippen LogP contribution in [-0.2, 0) is 6.54 Å². The zero-order valence-electron chi connectivity index (χ0n) is 8.49. The van der Waals surface area contributed by atoms with Crippen molar-refractivity contribution >= 4 is 17.7 Å². The number of carbonyl (C=O) groups is 1. The molecular weight excluding hydrogens is 259 g/mol. The molecule has 0 aliphatic rings. The summed E-state index contributed by atoms with van der Waals surface area (Å²) in [5.74, 6) is 0. The lowest BCUT2D eigenvalue weighted by molar-refractivity contribution is -0.156. The number of rotatable bonds is 3. The highest BCUT2D eigenvalue weighted by molar-refractivity contribution is 6.21. The van der Waals surface area contributed by atoms with Crippen molar-refractivity contribution in [3.8, 4) is 0 Å². The van der Waals surface area contributed by atoms with E-state index < -0.39 is 24.3 Å². The van der Waals surface area contributed by atoms with Gasteiger partial charge in [0.2, 0.25) is 5.50 Å². The molecule has 7 heteroatoms. The lowest BCUT2D eigenvalue weighted by Gasteiger charge is -2.26. The second-order valence-electron chi connectivity index (χ2n) is 3.27. The molecule has 0 saturated carbocycles. The van der Waals surface area contributed by atoms with Crippen LogP contribution < -0.4 is 0 Å². The summed E-state index contributed by atoms with van der Waals surface area (Å²) < 4.78 is 37.0. The Kier molecular flexibility index (Phi) is 4.22. The monoisotopic (exact) mass is 267 g/mol. The Morgan fingerprint density at radius 2 is 1.88 bits per heavy atom. The molecule has 1 aromatic rings. The first-order valence-electron chi connectivity index (χ1n) is 4.56. The zero-order valence-corrected chi connectivity index (χ0v) is 9.24. The number of nitrogens with zero attached hydrogens (tertiary/aromatic N) is 1. The van der Waals surface area contributed by atoms with E-state index in [4.69, 9.17) is 16.7 Å². The van der Waals surface area contributed by atoms with E-state index in [1.807, 2.05) is 0 Å². The van der Waals surface area contributed by atoms with Gasteiger partial charge in [0.1, 0.15) is 0 Å². The third kappa shape index (κ3) is 3.81. The van der Waals surface area contributed by atoms with Crippen LogP contribution in [0.4, 0.5) is 18.0 Å². The van der Waals surface area contributed by atoms with Gasteiger partial charge >= 0.3 is 12.3 Å². The minimum absolute atomic E-state index is 0.136. The van der Waals surface area contributed by atoms with Crippen LogP contribution in [0.25, 0.3) is 0 Å². The van der Waals surface area contributed by atoms with Gasteiger partial charge in [-0.3, -0.25) is 4.90 Å². The minimum Gasteiger partial charge on any atom is -0.465 e. The Labute approximate surface area is 100 Å². The van der Waals surface area contributed by atoms with Crippen molar-refractivity contribution in [2.24, 2.45) is 0 Å². The van der Waals surface area contributed by atoms with Crippen LogP contribution in [-0.4, -0.2) is 27.8 Å². The van der Waals surface area contributed by atoms with E-state index in [0.29, 0.717) is 5.56 Å². The van der Waals surface area contributed by atoms with Crippen molar-refractivity contribution in [3.05, 3.63) is 35.9 Å². The summed E-state index contributed by atoms with van der Waals surface area (Å²) in [5, 5.41) is 8.71. The fourth-order valence-corrected chi connectivity index (χ4v) is 1.35. The van der Waals surface area contributed by atoms with Crippen LogP contribution in [0.3, 0.4) is 0 Å². The van der Waals surface area contributed by atoms with Crippen LogP contribution in [0.1, 0.15) is 5.56 Å². The Hall–Kier alpha value is -1.43. The highest BCUT2D eigenvalue weighted by atomic mass is 35.5. The van der Waals surface area contributed by atoms with Gasteiger partial charge in [0.15, 0.2) is 0 Å². The Morgan fingerprint density at radius 3 is 2.29 bits per heavy atom. The summed E-state index contributed by atoms with van der Waals surface area (Å²) in [6.45, 7) is -0.413. The molecule has 1 atom stereocenters. The summed E-state index contributed by atoms with van der Waals surface area (Å²) in [4.78, 5) is 10.9. The lowest BCUT2D eigenvalue weighted by atomic mass is 10.2. The van der Waals surface area contributed by atoms with Crippen molar-refractivity contribution in [3.63, 3.8) is 0 Å². The molecule has 0 aliphatic heterocycles. The number of alkyl halides is 4. The summed E-state index contributed by atoms with van der Waals surface area (Å²) in [7, 11) is 0. The van der Waals surface area contributed by atoms with Crippen LogP contribution in [0.2, 0.25) is 0 Å². The highest BCUT2D eigenvalue weighted by Gasteiger charge is 2.44. The van der Waals surface area contributed by atoms with Crippen molar-refractivity contribution in [1.29, 1.82) is 0 Å². The maximum absolute atomic E-state index is 12.3. The molecule has 17 heavy (non-hydrogen) atoms. The van der Waals surface area contributed by atoms with Gasteiger partial charge in [0, 0.05) is 0 Å². The molecule has 1 amide bonds. The van der Waals surface area contributed by atoms with Gasteiger partial charge in [0.05, 0.1) is 6.54 Å². The average molecular weight is 268 g/mol. The van der Waals surface area contributed by atoms with Crippen molar-refractivity contribution in [2.45, 2.75) is 18.2 Å². The molecule has 1 unspecified atom stereocenters. The largest absolute Gasteiger partial charge is 0.465 e. The van der Waals surface area contributed by atoms with Crippen LogP contribution in [0, 0.1) is 0 Å². The molecule has 0 fully saturated rings. The molecule has 0 aromatic heterocycles. The van der Waals surface area contributed by atoms with E-state index in [-0.39, 0.29) is 4.90 Å². The highest BCUT2D eigenvalue weighted by Crippen LogP contribution is 2.28. The van der Waals surface area contributed by atoms with Gasteiger partial charge in [-0.05, 0) is 5.56 Å². The van der Waals surface area contributed by atoms with Crippen LogP contribution in [0.15, 0.2) is 30.3 Å². The van der Waals surface area contributed by atoms with Gasteiger partial charge in [-0.1, -0.05) is 41.9 Å². The maximum atomic E-state index is 12.3. The third-order valence-electron chi connectivity index (χ3n) is 1.99. The third-order valence-corrected chi connectivity index (χ3v) is 2.47. The molecule has 3 nitrogen and oxygen atoms in total. The smallest absolute Gasteiger partial charge is 0.423 e. The first-order valence-corrected chi connectivity index (χ1v) is 5.00. The molecular formula is C10H9ClF3NO2. The summed E-state index contributed by atoms with van der Waals surface area (Å²) in [6.07, 6.45) is -6.51. The van der Waals surface area contributed by atoms with Gasteiger partial charge < -0.3 is 5.11 Å². The predicted octanol–water partition coefficient (Wildman–Crippen LogP) is 3.29. The number of halogens is 4. The molecule has 0 heterocycles. The Bertz CT molecular complexity index is 383. The van der Waals surface area contributed by atoms with Gasteiger partial charge in [0.25, 0.3) is 0 Å². The number of carboxylic acid groups (broad SMARTS) is 1. The second-order valence-corrected chi connectivity index (χ2v) is 3.69. The molecule has 0 bridgehead atoms. The molecule has 0 spiro atoms. The quantitative estimate of drug-likeness (QED) is 0.674. The van der Waals surface area contributed by atoms with Gasteiger partial charge in [-0.2, -0.15) is 13.2 Å². The molecule has 0 radical (unpaired) electrons. The SMILES string of the molecule is O=C(O)N(Cc1ccccc1)C(Cl)C(F)(F)F. The van der Waals surface area contributed by atoms with E-state index in [2.05, 4.69) is 0 Å². The average Bonchev–Trinajstić information content (AvgIpc) is 2.24.